The number of hydrogen-bond acceptors (Lipinski definition) is 4. The fourth-order valence-corrected chi connectivity index (χ4v) is 3.51. The zero-order valence-electron chi connectivity index (χ0n) is 13.1. The molecule has 1 fully saturated rings. The molecule has 0 spiro atoms. The van der Waals surface area contributed by atoms with E-state index in [4.69, 9.17) is 0 Å². The van der Waals surface area contributed by atoms with Gasteiger partial charge in [0.1, 0.15) is 5.82 Å². The van der Waals surface area contributed by atoms with Gasteiger partial charge < -0.3 is 9.88 Å². The van der Waals surface area contributed by atoms with Gasteiger partial charge in [0.25, 0.3) is 0 Å². The van der Waals surface area contributed by atoms with Gasteiger partial charge in [0, 0.05) is 48.3 Å². The van der Waals surface area contributed by atoms with E-state index in [9.17, 15) is 0 Å². The molecule has 1 aliphatic rings. The second kappa shape index (κ2) is 6.30. The summed E-state index contributed by atoms with van der Waals surface area (Å²) in [5, 5.41) is 3.59. The zero-order chi connectivity index (χ0) is 14.8. The van der Waals surface area contributed by atoms with Crippen LogP contribution in [0.1, 0.15) is 34.0 Å². The molecule has 4 nitrogen and oxygen atoms in total. The Hall–Kier alpha value is -1.17. The first-order chi connectivity index (χ1) is 10.1. The van der Waals surface area contributed by atoms with Crippen LogP contribution in [-0.2, 0) is 26.7 Å². The molecule has 0 atom stereocenters. The topological polar surface area (TPSA) is 33.1 Å². The number of aryl methyl sites for hydroxylation is 2. The Bertz CT molecular complexity index is 597. The molecule has 0 radical (unpaired) electrons. The Morgan fingerprint density at radius 1 is 1.43 bits per heavy atom. The van der Waals surface area contributed by atoms with Crippen LogP contribution in [0.15, 0.2) is 18.5 Å². The fourth-order valence-electron chi connectivity index (χ4n) is 2.50. The minimum absolute atomic E-state index is 0.780. The Balaban J connectivity index is 1.57. The van der Waals surface area contributed by atoms with Crippen LogP contribution in [0.3, 0.4) is 0 Å². The second-order valence-electron chi connectivity index (χ2n) is 6.08. The van der Waals surface area contributed by atoms with Gasteiger partial charge in [0.2, 0.25) is 0 Å². The molecule has 5 heteroatoms. The molecular formula is C16H24N4S. The lowest BCUT2D eigenvalue weighted by atomic mass is 10.2. The molecule has 1 N–H and O–H groups in total. The van der Waals surface area contributed by atoms with Gasteiger partial charge >= 0.3 is 0 Å². The van der Waals surface area contributed by atoms with Gasteiger partial charge in [-0.25, -0.2) is 4.98 Å². The maximum absolute atomic E-state index is 4.39. The van der Waals surface area contributed by atoms with Crippen molar-refractivity contribution in [1.82, 2.24) is 19.8 Å². The Morgan fingerprint density at radius 3 is 2.90 bits per heavy atom. The van der Waals surface area contributed by atoms with Crippen molar-refractivity contribution in [3.05, 3.63) is 39.6 Å². The SMILES string of the molecule is Cc1sc(CNC2CC2)cc1CN(C)Cc1nccn1C. The number of thiophene rings is 1. The van der Waals surface area contributed by atoms with E-state index in [0.717, 1.165) is 31.5 Å². The smallest absolute Gasteiger partial charge is 0.122 e. The number of aromatic nitrogens is 2. The predicted octanol–water partition coefficient (Wildman–Crippen LogP) is 2.67. The minimum Gasteiger partial charge on any atom is -0.337 e. The van der Waals surface area contributed by atoms with Crippen LogP contribution >= 0.6 is 11.3 Å². The van der Waals surface area contributed by atoms with Crippen LogP contribution < -0.4 is 5.32 Å². The first-order valence-corrected chi connectivity index (χ1v) is 8.40. The minimum atomic E-state index is 0.780. The lowest BCUT2D eigenvalue weighted by molar-refractivity contribution is 0.307. The van der Waals surface area contributed by atoms with Gasteiger partial charge in [0.15, 0.2) is 0 Å². The van der Waals surface area contributed by atoms with Crippen LogP contribution in [-0.4, -0.2) is 27.5 Å². The Labute approximate surface area is 130 Å². The molecule has 2 heterocycles. The molecule has 0 bridgehead atoms. The quantitative estimate of drug-likeness (QED) is 0.854. The van der Waals surface area contributed by atoms with E-state index < -0.39 is 0 Å². The van der Waals surface area contributed by atoms with Gasteiger partial charge in [-0.1, -0.05) is 0 Å². The maximum Gasteiger partial charge on any atom is 0.122 e. The number of nitrogens with zero attached hydrogens (tertiary/aromatic N) is 3. The van der Waals surface area contributed by atoms with Crippen molar-refractivity contribution in [3.8, 4) is 0 Å². The molecule has 0 unspecified atom stereocenters. The fraction of sp³-hybridized carbons (Fsp3) is 0.562. The van der Waals surface area contributed by atoms with Crippen LogP contribution in [0.2, 0.25) is 0 Å². The molecule has 0 saturated heterocycles. The highest BCUT2D eigenvalue weighted by Crippen LogP contribution is 2.25. The summed E-state index contributed by atoms with van der Waals surface area (Å²) < 4.78 is 2.09. The highest BCUT2D eigenvalue weighted by molar-refractivity contribution is 7.12. The van der Waals surface area contributed by atoms with Crippen molar-refractivity contribution in [1.29, 1.82) is 0 Å². The van der Waals surface area contributed by atoms with Gasteiger partial charge in [0.05, 0.1) is 6.54 Å². The van der Waals surface area contributed by atoms with Crippen LogP contribution in [0, 0.1) is 6.92 Å². The van der Waals surface area contributed by atoms with Crippen molar-refractivity contribution in [3.63, 3.8) is 0 Å². The predicted molar refractivity (Wildman–Crippen MR) is 87.3 cm³/mol. The lowest BCUT2D eigenvalue weighted by Gasteiger charge is -2.16. The van der Waals surface area contributed by atoms with Gasteiger partial charge in [-0.15, -0.1) is 11.3 Å². The summed E-state index contributed by atoms with van der Waals surface area (Å²) >= 11 is 1.93. The summed E-state index contributed by atoms with van der Waals surface area (Å²) in [7, 11) is 4.21. The monoisotopic (exact) mass is 304 g/mol. The van der Waals surface area contributed by atoms with Crippen LogP contribution in [0.5, 0.6) is 0 Å². The third-order valence-corrected chi connectivity index (χ3v) is 5.08. The van der Waals surface area contributed by atoms with E-state index in [1.54, 1.807) is 0 Å². The normalized spacial score (nSPS) is 15.0. The van der Waals surface area contributed by atoms with Crippen molar-refractivity contribution < 1.29 is 0 Å². The van der Waals surface area contributed by atoms with E-state index >= 15 is 0 Å². The summed E-state index contributed by atoms with van der Waals surface area (Å²) in [5.41, 5.74) is 1.45. The van der Waals surface area contributed by atoms with Gasteiger partial charge in [-0.05, 0) is 38.4 Å². The molecule has 2 aromatic rings. The second-order valence-corrected chi connectivity index (χ2v) is 7.42. The average molecular weight is 304 g/mol. The standard InChI is InChI=1S/C16H24N4S/c1-12-13(8-15(21-12)9-18-14-4-5-14)10-19(2)11-16-17-6-7-20(16)3/h6-8,14,18H,4-5,9-11H2,1-3H3. The Morgan fingerprint density at radius 2 is 2.24 bits per heavy atom. The lowest BCUT2D eigenvalue weighted by Crippen LogP contribution is -2.19. The summed E-state index contributed by atoms with van der Waals surface area (Å²) in [4.78, 5) is 9.62. The molecule has 114 valence electrons. The first-order valence-electron chi connectivity index (χ1n) is 7.58. The zero-order valence-corrected chi connectivity index (χ0v) is 13.9. The molecule has 2 aromatic heterocycles. The van der Waals surface area contributed by atoms with E-state index in [-0.39, 0.29) is 0 Å². The third kappa shape index (κ3) is 3.93. The van der Waals surface area contributed by atoms with Crippen molar-refractivity contribution in [2.24, 2.45) is 7.05 Å². The number of nitrogens with one attached hydrogen (secondary N) is 1. The summed E-state index contributed by atoms with van der Waals surface area (Å²) in [6.07, 6.45) is 6.56. The number of imidazole rings is 1. The molecule has 21 heavy (non-hydrogen) atoms. The van der Waals surface area contributed by atoms with E-state index in [1.165, 1.54) is 28.2 Å². The molecule has 3 rings (SSSR count). The third-order valence-electron chi connectivity index (χ3n) is 3.99. The molecular weight excluding hydrogens is 280 g/mol. The summed E-state index contributed by atoms with van der Waals surface area (Å²) in [6.45, 7) is 5.13. The van der Waals surface area contributed by atoms with Crippen molar-refractivity contribution >= 4 is 11.3 Å². The molecule has 1 saturated carbocycles. The van der Waals surface area contributed by atoms with Crippen LogP contribution in [0.25, 0.3) is 0 Å². The van der Waals surface area contributed by atoms with Crippen LogP contribution in [0.4, 0.5) is 0 Å². The highest BCUT2D eigenvalue weighted by Gasteiger charge is 2.20. The number of hydrogen-bond donors (Lipinski definition) is 1. The van der Waals surface area contributed by atoms with E-state index in [2.05, 4.69) is 39.8 Å². The Kier molecular flexibility index (Phi) is 4.42. The van der Waals surface area contributed by atoms with Gasteiger partial charge in [-0.2, -0.15) is 0 Å². The molecule has 1 aliphatic carbocycles. The average Bonchev–Trinajstić information content (AvgIpc) is 3.10. The van der Waals surface area contributed by atoms with E-state index in [0.29, 0.717) is 0 Å². The summed E-state index contributed by atoms with van der Waals surface area (Å²) in [6, 6.07) is 3.14. The van der Waals surface area contributed by atoms with E-state index in [1.807, 2.05) is 30.8 Å². The molecule has 0 amide bonds. The number of rotatable bonds is 7. The maximum atomic E-state index is 4.39. The van der Waals surface area contributed by atoms with Crippen molar-refractivity contribution in [2.45, 2.75) is 45.4 Å². The van der Waals surface area contributed by atoms with Crippen molar-refractivity contribution in [2.75, 3.05) is 7.05 Å². The molecule has 0 aliphatic heterocycles. The molecule has 0 aromatic carbocycles. The largest absolute Gasteiger partial charge is 0.337 e. The summed E-state index contributed by atoms with van der Waals surface area (Å²) in [5.74, 6) is 1.11. The highest BCUT2D eigenvalue weighted by atomic mass is 32.1. The van der Waals surface area contributed by atoms with Gasteiger partial charge in [-0.3, -0.25) is 4.90 Å². The first kappa shape index (κ1) is 14.8.